The van der Waals surface area contributed by atoms with Gasteiger partial charge in [0.25, 0.3) is 0 Å². The van der Waals surface area contributed by atoms with Crippen molar-refractivity contribution in [2.45, 2.75) is 110 Å². The molecule has 0 bridgehead atoms. The molecule has 0 atom stereocenters. The Labute approximate surface area is 207 Å². The Bertz CT molecular complexity index is 820. The lowest BCUT2D eigenvalue weighted by Gasteiger charge is -2.27. The van der Waals surface area contributed by atoms with Crippen molar-refractivity contribution >= 4 is 5.97 Å². The number of rotatable bonds is 14. The van der Waals surface area contributed by atoms with Crippen LogP contribution in [0, 0.1) is 11.8 Å². The summed E-state index contributed by atoms with van der Waals surface area (Å²) in [5.74, 6) is 1.44. The van der Waals surface area contributed by atoms with E-state index in [-0.39, 0.29) is 11.9 Å². The lowest BCUT2D eigenvalue weighted by molar-refractivity contribution is -0.140. The van der Waals surface area contributed by atoms with Crippen LogP contribution in [0.2, 0.25) is 0 Å². The van der Waals surface area contributed by atoms with Crippen molar-refractivity contribution in [1.29, 1.82) is 0 Å². The van der Waals surface area contributed by atoms with Gasteiger partial charge in [-0.3, -0.25) is 9.78 Å². The number of unbranched alkanes of at least 4 members (excludes halogenated alkanes) is 7. The van der Waals surface area contributed by atoms with E-state index in [4.69, 9.17) is 4.74 Å². The zero-order valence-electron chi connectivity index (χ0n) is 21.6. The summed E-state index contributed by atoms with van der Waals surface area (Å²) in [4.78, 5) is 17.3. The first-order chi connectivity index (χ1) is 16.7. The molecule has 1 aliphatic rings. The smallest absolute Gasteiger partial charge is 0.314 e. The van der Waals surface area contributed by atoms with Gasteiger partial charge >= 0.3 is 5.97 Å². The van der Waals surface area contributed by atoms with Crippen LogP contribution >= 0.6 is 0 Å². The molecule has 1 fully saturated rings. The van der Waals surface area contributed by atoms with Crippen LogP contribution in [0.15, 0.2) is 42.6 Å². The van der Waals surface area contributed by atoms with Crippen LogP contribution in [0.3, 0.4) is 0 Å². The van der Waals surface area contributed by atoms with E-state index in [0.717, 1.165) is 36.4 Å². The van der Waals surface area contributed by atoms with Gasteiger partial charge in [0.2, 0.25) is 0 Å². The van der Waals surface area contributed by atoms with Crippen molar-refractivity contribution in [3.63, 3.8) is 0 Å². The molecule has 186 valence electrons. The average Bonchev–Trinajstić information content (AvgIpc) is 2.88. The van der Waals surface area contributed by atoms with Crippen molar-refractivity contribution in [3.05, 3.63) is 48.2 Å². The molecule has 1 saturated carbocycles. The first-order valence-electron chi connectivity index (χ1n) is 14.0. The number of carbonyl (C=O) groups is 1. The summed E-state index contributed by atoms with van der Waals surface area (Å²) in [5.41, 5.74) is 3.33. The Hall–Kier alpha value is -2.16. The molecule has 3 heteroatoms. The SMILES string of the molecule is CCCCCCCCCc1ccc(-c2ccc(OC(=O)[C@H]3CC[C@H](CCCC)CC3)cc2)nc1. The van der Waals surface area contributed by atoms with E-state index < -0.39 is 0 Å². The summed E-state index contributed by atoms with van der Waals surface area (Å²) >= 11 is 0. The minimum absolute atomic E-state index is 0.0584. The van der Waals surface area contributed by atoms with Crippen LogP contribution in [-0.2, 0) is 11.2 Å². The number of aryl methyl sites for hydroxylation is 1. The third-order valence-corrected chi connectivity index (χ3v) is 7.41. The zero-order valence-corrected chi connectivity index (χ0v) is 21.6. The van der Waals surface area contributed by atoms with E-state index in [9.17, 15) is 4.79 Å². The zero-order chi connectivity index (χ0) is 24.0. The second-order valence-electron chi connectivity index (χ2n) is 10.2. The fraction of sp³-hybridized carbons (Fsp3) is 0.613. The van der Waals surface area contributed by atoms with Gasteiger partial charge in [0.15, 0.2) is 0 Å². The number of hydrogen-bond donors (Lipinski definition) is 0. The second-order valence-corrected chi connectivity index (χ2v) is 10.2. The first kappa shape index (κ1) is 26.4. The molecule has 0 unspecified atom stereocenters. The van der Waals surface area contributed by atoms with Gasteiger partial charge in [-0.2, -0.15) is 0 Å². The molecule has 2 aromatic rings. The van der Waals surface area contributed by atoms with Crippen LogP contribution in [-0.4, -0.2) is 11.0 Å². The Morgan fingerprint density at radius 3 is 2.15 bits per heavy atom. The lowest BCUT2D eigenvalue weighted by Crippen LogP contribution is -2.25. The number of benzene rings is 1. The monoisotopic (exact) mass is 463 g/mol. The number of pyridine rings is 1. The lowest BCUT2D eigenvalue weighted by atomic mass is 9.80. The predicted octanol–water partition coefficient (Wildman–Crippen LogP) is 8.94. The third kappa shape index (κ3) is 8.89. The molecule has 1 aromatic heterocycles. The number of nitrogens with zero attached hydrogens (tertiary/aromatic N) is 1. The Morgan fingerprint density at radius 2 is 1.50 bits per heavy atom. The highest BCUT2D eigenvalue weighted by atomic mass is 16.5. The van der Waals surface area contributed by atoms with E-state index in [0.29, 0.717) is 5.75 Å². The molecule has 0 saturated heterocycles. The number of hydrogen-bond acceptors (Lipinski definition) is 3. The van der Waals surface area contributed by atoms with E-state index in [2.05, 4.69) is 31.0 Å². The van der Waals surface area contributed by atoms with Gasteiger partial charge in [0.05, 0.1) is 11.6 Å². The summed E-state index contributed by atoms with van der Waals surface area (Å²) in [6, 6.07) is 12.1. The molecule has 0 spiro atoms. The number of ether oxygens (including phenoxy) is 1. The highest BCUT2D eigenvalue weighted by Gasteiger charge is 2.27. The summed E-state index contributed by atoms with van der Waals surface area (Å²) < 4.78 is 5.71. The standard InChI is InChI=1S/C31H45NO2/c1-3-5-7-8-9-10-11-13-26-16-23-30(32-24-26)27-19-21-29(22-20-27)34-31(33)28-17-14-25(15-18-28)12-6-4-2/h16,19-25,28H,3-15,17-18H2,1-2H3/t25-,28-. The molecule has 34 heavy (non-hydrogen) atoms. The molecular formula is C31H45NO2. The van der Waals surface area contributed by atoms with E-state index in [1.807, 2.05) is 30.5 Å². The van der Waals surface area contributed by atoms with Crippen molar-refractivity contribution in [1.82, 2.24) is 4.98 Å². The van der Waals surface area contributed by atoms with Crippen molar-refractivity contribution < 1.29 is 9.53 Å². The summed E-state index contributed by atoms with van der Waals surface area (Å²) in [5, 5.41) is 0. The maximum atomic E-state index is 12.6. The highest BCUT2D eigenvalue weighted by Crippen LogP contribution is 2.33. The van der Waals surface area contributed by atoms with Crippen molar-refractivity contribution in [2.75, 3.05) is 0 Å². The van der Waals surface area contributed by atoms with Crippen LogP contribution in [0.1, 0.15) is 109 Å². The first-order valence-corrected chi connectivity index (χ1v) is 14.0. The summed E-state index contributed by atoms with van der Waals surface area (Å²) in [6.45, 7) is 4.51. The largest absolute Gasteiger partial charge is 0.426 e. The van der Waals surface area contributed by atoms with Gasteiger partial charge in [-0.1, -0.05) is 77.7 Å². The topological polar surface area (TPSA) is 39.2 Å². The predicted molar refractivity (Wildman–Crippen MR) is 142 cm³/mol. The van der Waals surface area contributed by atoms with Gasteiger partial charge in [-0.05, 0) is 80.3 Å². The minimum atomic E-state index is -0.0606. The van der Waals surface area contributed by atoms with E-state index >= 15 is 0 Å². The molecule has 1 aromatic carbocycles. The van der Waals surface area contributed by atoms with Gasteiger partial charge < -0.3 is 4.74 Å². The third-order valence-electron chi connectivity index (χ3n) is 7.41. The maximum Gasteiger partial charge on any atom is 0.314 e. The average molecular weight is 464 g/mol. The molecule has 0 amide bonds. The van der Waals surface area contributed by atoms with Crippen LogP contribution in [0.25, 0.3) is 11.3 Å². The number of esters is 1. The number of carbonyl (C=O) groups excluding carboxylic acids is 1. The summed E-state index contributed by atoms with van der Waals surface area (Å²) in [7, 11) is 0. The van der Waals surface area contributed by atoms with Gasteiger partial charge in [0, 0.05) is 11.8 Å². The summed E-state index contributed by atoms with van der Waals surface area (Å²) in [6.07, 6.45) is 20.6. The van der Waals surface area contributed by atoms with Crippen LogP contribution < -0.4 is 4.74 Å². The molecule has 3 nitrogen and oxygen atoms in total. The second kappa shape index (κ2) is 15.0. The molecule has 3 rings (SSSR count). The highest BCUT2D eigenvalue weighted by molar-refractivity contribution is 5.75. The Balaban J connectivity index is 1.40. The molecule has 1 aliphatic carbocycles. The Kier molecular flexibility index (Phi) is 11.6. The Morgan fingerprint density at radius 1 is 0.824 bits per heavy atom. The molecule has 0 N–H and O–H groups in total. The minimum Gasteiger partial charge on any atom is -0.426 e. The van der Waals surface area contributed by atoms with Crippen LogP contribution in [0.4, 0.5) is 0 Å². The molecule has 1 heterocycles. The maximum absolute atomic E-state index is 12.6. The van der Waals surface area contributed by atoms with Gasteiger partial charge in [-0.25, -0.2) is 0 Å². The fourth-order valence-electron chi connectivity index (χ4n) is 5.10. The quantitative estimate of drug-likeness (QED) is 0.159. The van der Waals surface area contributed by atoms with Crippen LogP contribution in [0.5, 0.6) is 5.75 Å². The molecular weight excluding hydrogens is 418 g/mol. The number of aromatic nitrogens is 1. The van der Waals surface area contributed by atoms with E-state index in [1.165, 1.54) is 82.6 Å². The normalized spacial score (nSPS) is 18.1. The van der Waals surface area contributed by atoms with Gasteiger partial charge in [-0.15, -0.1) is 0 Å². The van der Waals surface area contributed by atoms with Crippen molar-refractivity contribution in [3.8, 4) is 17.0 Å². The van der Waals surface area contributed by atoms with Gasteiger partial charge in [0.1, 0.15) is 5.75 Å². The fourth-order valence-corrected chi connectivity index (χ4v) is 5.10. The molecule has 0 aliphatic heterocycles. The van der Waals surface area contributed by atoms with E-state index in [1.54, 1.807) is 0 Å². The van der Waals surface area contributed by atoms with Crippen molar-refractivity contribution in [2.24, 2.45) is 11.8 Å². The molecule has 0 radical (unpaired) electrons.